The molecule has 3 rings (SSSR count). The molecule has 20 heavy (non-hydrogen) atoms. The number of hydrogen-bond donors (Lipinski definition) is 0. The van der Waals surface area contributed by atoms with E-state index in [4.69, 9.17) is 0 Å². The van der Waals surface area contributed by atoms with Crippen molar-refractivity contribution in [3.05, 3.63) is 91.0 Å². The number of benzene rings is 3. The fraction of sp³-hybridized carbons (Fsp3) is 0. The molecule has 2 heteroatoms. The Morgan fingerprint density at radius 3 is 0.900 bits per heavy atom. The Morgan fingerprint density at radius 1 is 0.400 bits per heavy atom. The minimum atomic E-state index is -0.446. The molecule has 0 amide bonds. The maximum absolute atomic E-state index is 2.23. The van der Waals surface area contributed by atoms with Gasteiger partial charge in [0.15, 0.2) is 0 Å². The SMILES string of the molecule is [Ru].c1ccc(P(c2ccccc2)c2ccccc2)cc1. The van der Waals surface area contributed by atoms with Gasteiger partial charge >= 0.3 is 0 Å². The Bertz CT molecular complexity index is 529. The van der Waals surface area contributed by atoms with E-state index >= 15 is 0 Å². The largest absolute Gasteiger partial charge is 0.0622 e. The van der Waals surface area contributed by atoms with Crippen LogP contribution in [0.2, 0.25) is 0 Å². The van der Waals surface area contributed by atoms with E-state index in [1.54, 1.807) is 0 Å². The summed E-state index contributed by atoms with van der Waals surface area (Å²) >= 11 is 0. The van der Waals surface area contributed by atoms with E-state index in [1.807, 2.05) is 0 Å². The molecule has 0 fully saturated rings. The van der Waals surface area contributed by atoms with Gasteiger partial charge in [-0.15, -0.1) is 0 Å². The summed E-state index contributed by atoms with van der Waals surface area (Å²) in [6, 6.07) is 32.3. The average Bonchev–Trinajstić information content (AvgIpc) is 2.51. The van der Waals surface area contributed by atoms with Gasteiger partial charge in [-0.3, -0.25) is 0 Å². The molecule has 0 aliphatic heterocycles. The van der Waals surface area contributed by atoms with E-state index in [1.165, 1.54) is 15.9 Å². The van der Waals surface area contributed by atoms with Gasteiger partial charge in [-0.05, 0) is 23.8 Å². The molecule has 0 aromatic heterocycles. The van der Waals surface area contributed by atoms with Gasteiger partial charge in [0.25, 0.3) is 0 Å². The van der Waals surface area contributed by atoms with Gasteiger partial charge in [-0.2, -0.15) is 0 Å². The molecule has 0 N–H and O–H groups in total. The second-order valence-corrected chi connectivity index (χ2v) is 6.56. The second kappa shape index (κ2) is 7.48. The zero-order valence-electron chi connectivity index (χ0n) is 11.0. The normalized spacial score (nSPS) is 10.1. The van der Waals surface area contributed by atoms with Gasteiger partial charge in [-0.25, -0.2) is 0 Å². The second-order valence-electron chi connectivity index (χ2n) is 4.34. The minimum absolute atomic E-state index is 0. The van der Waals surface area contributed by atoms with Crippen molar-refractivity contribution in [2.45, 2.75) is 0 Å². The van der Waals surface area contributed by atoms with Gasteiger partial charge in [0.05, 0.1) is 0 Å². The van der Waals surface area contributed by atoms with Crippen molar-refractivity contribution in [3.63, 3.8) is 0 Å². The topological polar surface area (TPSA) is 0 Å². The van der Waals surface area contributed by atoms with Crippen molar-refractivity contribution in [2.75, 3.05) is 0 Å². The van der Waals surface area contributed by atoms with Crippen LogP contribution in [-0.2, 0) is 19.5 Å². The zero-order chi connectivity index (χ0) is 12.9. The molecule has 0 unspecified atom stereocenters. The first-order valence-electron chi connectivity index (χ1n) is 6.40. The van der Waals surface area contributed by atoms with Crippen LogP contribution >= 0.6 is 7.92 Å². The molecule has 0 bridgehead atoms. The van der Waals surface area contributed by atoms with Gasteiger partial charge in [0.1, 0.15) is 0 Å². The standard InChI is InChI=1S/C18H15P.Ru/c1-4-10-16(11-5-1)19(17-12-6-2-7-13-17)18-14-8-3-9-15-18;/h1-15H;. The molecule has 3 aromatic rings. The molecule has 0 saturated heterocycles. The van der Waals surface area contributed by atoms with Gasteiger partial charge in [0, 0.05) is 19.5 Å². The summed E-state index contributed by atoms with van der Waals surface area (Å²) in [4.78, 5) is 0. The van der Waals surface area contributed by atoms with Crippen molar-refractivity contribution in [1.82, 2.24) is 0 Å². The first-order chi connectivity index (χ1) is 9.45. The molecule has 0 nitrogen and oxygen atoms in total. The van der Waals surface area contributed by atoms with Crippen molar-refractivity contribution in [3.8, 4) is 0 Å². The van der Waals surface area contributed by atoms with E-state index in [2.05, 4.69) is 91.0 Å². The van der Waals surface area contributed by atoms with Gasteiger partial charge in [-0.1, -0.05) is 91.0 Å². The molecule has 0 spiro atoms. The molecule has 100 valence electrons. The van der Waals surface area contributed by atoms with E-state index < -0.39 is 7.92 Å². The summed E-state index contributed by atoms with van der Waals surface area (Å²) in [5, 5.41) is 4.19. The molecule has 0 radical (unpaired) electrons. The van der Waals surface area contributed by atoms with Crippen LogP contribution in [0.4, 0.5) is 0 Å². The fourth-order valence-electron chi connectivity index (χ4n) is 2.18. The monoisotopic (exact) mass is 364 g/mol. The molecule has 0 heterocycles. The van der Waals surface area contributed by atoms with Crippen molar-refractivity contribution in [2.24, 2.45) is 0 Å². The fourth-order valence-corrected chi connectivity index (χ4v) is 4.48. The number of hydrogen-bond acceptors (Lipinski definition) is 0. The maximum atomic E-state index is 2.23. The maximum Gasteiger partial charge on any atom is 0 e. The van der Waals surface area contributed by atoms with Crippen LogP contribution in [0.1, 0.15) is 0 Å². The van der Waals surface area contributed by atoms with E-state index in [0.717, 1.165) is 0 Å². The first-order valence-corrected chi connectivity index (χ1v) is 7.74. The number of rotatable bonds is 3. The first kappa shape index (κ1) is 15.1. The average molecular weight is 363 g/mol. The van der Waals surface area contributed by atoms with Crippen molar-refractivity contribution in [1.29, 1.82) is 0 Å². The quantitative estimate of drug-likeness (QED) is 0.494. The van der Waals surface area contributed by atoms with E-state index in [9.17, 15) is 0 Å². The summed E-state index contributed by atoms with van der Waals surface area (Å²) in [5.41, 5.74) is 0. The molecular formula is C18H15PRu. The third kappa shape index (κ3) is 3.42. The predicted octanol–water partition coefficient (Wildman–Crippen LogP) is 3.44. The third-order valence-corrected chi connectivity index (χ3v) is 5.49. The Hall–Kier alpha value is -1.29. The van der Waals surface area contributed by atoms with Crippen LogP contribution in [0.5, 0.6) is 0 Å². The van der Waals surface area contributed by atoms with Gasteiger partial charge in [0.2, 0.25) is 0 Å². The van der Waals surface area contributed by atoms with Crippen LogP contribution in [0.25, 0.3) is 0 Å². The molecular weight excluding hydrogens is 348 g/mol. The van der Waals surface area contributed by atoms with Crippen LogP contribution in [-0.4, -0.2) is 0 Å². The Labute approximate surface area is 134 Å². The molecule has 0 saturated carbocycles. The Morgan fingerprint density at radius 2 is 0.650 bits per heavy atom. The van der Waals surface area contributed by atoms with Crippen molar-refractivity contribution >= 4 is 23.8 Å². The Balaban J connectivity index is 0.00000147. The molecule has 0 aliphatic carbocycles. The van der Waals surface area contributed by atoms with Crippen molar-refractivity contribution < 1.29 is 19.5 Å². The molecule has 0 atom stereocenters. The predicted molar refractivity (Wildman–Crippen MR) is 85.1 cm³/mol. The third-order valence-electron chi connectivity index (χ3n) is 3.04. The van der Waals surface area contributed by atoms with Crippen LogP contribution in [0, 0.1) is 0 Å². The summed E-state index contributed by atoms with van der Waals surface area (Å²) < 4.78 is 0. The van der Waals surface area contributed by atoms with Crippen LogP contribution in [0.3, 0.4) is 0 Å². The Kier molecular flexibility index (Phi) is 5.65. The van der Waals surface area contributed by atoms with E-state index in [-0.39, 0.29) is 19.5 Å². The summed E-state index contributed by atoms with van der Waals surface area (Å²) in [5.74, 6) is 0. The molecule has 0 aliphatic rings. The summed E-state index contributed by atoms with van der Waals surface area (Å²) in [6.45, 7) is 0. The zero-order valence-corrected chi connectivity index (χ0v) is 13.6. The van der Waals surface area contributed by atoms with Crippen LogP contribution < -0.4 is 15.9 Å². The summed E-state index contributed by atoms with van der Waals surface area (Å²) in [7, 11) is -0.446. The van der Waals surface area contributed by atoms with Gasteiger partial charge < -0.3 is 0 Å². The van der Waals surface area contributed by atoms with Crippen LogP contribution in [0.15, 0.2) is 91.0 Å². The smallest absolute Gasteiger partial charge is 0 e. The van der Waals surface area contributed by atoms with E-state index in [0.29, 0.717) is 0 Å². The molecule has 3 aromatic carbocycles. The summed E-state index contributed by atoms with van der Waals surface area (Å²) in [6.07, 6.45) is 0. The minimum Gasteiger partial charge on any atom is -0.0622 e.